The largest absolute Gasteiger partial charge is 0.342 e. The number of para-hydroxylation sites is 1. The van der Waals surface area contributed by atoms with Crippen LogP contribution in [-0.4, -0.2) is 24.5 Å². The smallest absolute Gasteiger partial charge is 0.275 e. The van der Waals surface area contributed by atoms with Crippen molar-refractivity contribution in [3.63, 3.8) is 0 Å². The highest BCUT2D eigenvalue weighted by Crippen LogP contribution is 2.29. The van der Waals surface area contributed by atoms with Gasteiger partial charge in [-0.25, -0.2) is 4.98 Å². The summed E-state index contributed by atoms with van der Waals surface area (Å²) in [5.41, 5.74) is 12.7. The molecule has 0 aliphatic carbocycles. The average molecular weight is 432 g/mol. The second kappa shape index (κ2) is 7.65. The molecule has 0 radical (unpaired) electrons. The lowest BCUT2D eigenvalue weighted by atomic mass is 10.1. The van der Waals surface area contributed by atoms with E-state index in [0.717, 1.165) is 33.1 Å². The van der Waals surface area contributed by atoms with Crippen LogP contribution in [0.25, 0.3) is 44.2 Å². The van der Waals surface area contributed by atoms with E-state index < -0.39 is 0 Å². The van der Waals surface area contributed by atoms with Crippen molar-refractivity contribution in [1.29, 1.82) is 0 Å². The number of H-pyrrole nitrogens is 1. The zero-order chi connectivity index (χ0) is 22.4. The molecule has 6 aromatic rings. The van der Waals surface area contributed by atoms with E-state index in [1.165, 1.54) is 0 Å². The number of hydrogen-bond donors (Lipinski definition) is 2. The molecule has 0 saturated heterocycles. The van der Waals surface area contributed by atoms with Crippen LogP contribution in [0.1, 0.15) is 11.1 Å². The second-order valence-corrected chi connectivity index (χ2v) is 8.04. The van der Waals surface area contributed by atoms with Gasteiger partial charge in [0.05, 0.1) is 22.1 Å². The van der Waals surface area contributed by atoms with E-state index in [-0.39, 0.29) is 5.56 Å². The Morgan fingerprint density at radius 1 is 0.879 bits per heavy atom. The molecule has 7 heteroatoms. The van der Waals surface area contributed by atoms with Crippen LogP contribution in [0.5, 0.6) is 0 Å². The third-order valence-electron chi connectivity index (χ3n) is 5.94. The first kappa shape index (κ1) is 19.3. The van der Waals surface area contributed by atoms with Gasteiger partial charge in [0, 0.05) is 48.1 Å². The maximum Gasteiger partial charge on any atom is 0.275 e. The number of benzene rings is 3. The molecule has 0 aliphatic heterocycles. The first-order chi connectivity index (χ1) is 16.2. The summed E-state index contributed by atoms with van der Waals surface area (Å²) in [6, 6.07) is 20.0. The highest BCUT2D eigenvalue weighted by molar-refractivity contribution is 5.97. The van der Waals surface area contributed by atoms with E-state index >= 15 is 0 Å². The van der Waals surface area contributed by atoms with Gasteiger partial charge in [-0.1, -0.05) is 42.5 Å². The minimum absolute atomic E-state index is 0.235. The van der Waals surface area contributed by atoms with Crippen LogP contribution < -0.4 is 11.3 Å². The monoisotopic (exact) mass is 432 g/mol. The Bertz CT molecular complexity index is 1700. The van der Waals surface area contributed by atoms with Crippen molar-refractivity contribution in [1.82, 2.24) is 24.5 Å². The van der Waals surface area contributed by atoms with Crippen LogP contribution in [0.4, 0.5) is 0 Å². The summed E-state index contributed by atoms with van der Waals surface area (Å²) in [5, 5.41) is 0.981. The summed E-state index contributed by atoms with van der Waals surface area (Å²) in [7, 11) is 0. The number of nitrogens with zero attached hydrogens (tertiary/aromatic N) is 4. The molecule has 3 aromatic carbocycles. The second-order valence-electron chi connectivity index (χ2n) is 8.04. The van der Waals surface area contributed by atoms with Crippen molar-refractivity contribution in [3.05, 3.63) is 101 Å². The van der Waals surface area contributed by atoms with E-state index in [2.05, 4.69) is 37.7 Å². The van der Waals surface area contributed by atoms with Gasteiger partial charge in [-0.2, -0.15) is 0 Å². The Labute approximate surface area is 188 Å². The fourth-order valence-corrected chi connectivity index (χ4v) is 4.27. The first-order valence-electron chi connectivity index (χ1n) is 10.7. The molecule has 0 spiro atoms. The number of rotatable bonds is 4. The highest BCUT2D eigenvalue weighted by atomic mass is 16.1. The van der Waals surface area contributed by atoms with Gasteiger partial charge in [-0.3, -0.25) is 14.8 Å². The fourth-order valence-electron chi connectivity index (χ4n) is 4.27. The topological polar surface area (TPSA) is 102 Å². The minimum Gasteiger partial charge on any atom is -0.342 e. The fraction of sp³-hybridized carbons (Fsp3) is 0.0769. The molecular weight excluding hydrogens is 412 g/mol. The summed E-state index contributed by atoms with van der Waals surface area (Å²) >= 11 is 0. The summed E-state index contributed by atoms with van der Waals surface area (Å²) in [5.74, 6) is 0. The number of nitrogens with one attached hydrogen (secondary N) is 1. The van der Waals surface area contributed by atoms with Crippen molar-refractivity contribution in [3.8, 4) is 11.3 Å². The molecule has 0 amide bonds. The Morgan fingerprint density at radius 3 is 2.39 bits per heavy atom. The van der Waals surface area contributed by atoms with Gasteiger partial charge in [-0.05, 0) is 29.3 Å². The van der Waals surface area contributed by atoms with Crippen molar-refractivity contribution >= 4 is 33.0 Å². The van der Waals surface area contributed by atoms with Crippen molar-refractivity contribution in [2.24, 2.45) is 5.73 Å². The molecule has 0 fully saturated rings. The molecule has 3 aromatic heterocycles. The van der Waals surface area contributed by atoms with Gasteiger partial charge in [0.25, 0.3) is 5.56 Å². The van der Waals surface area contributed by atoms with Gasteiger partial charge < -0.3 is 15.3 Å². The van der Waals surface area contributed by atoms with Crippen LogP contribution in [0.2, 0.25) is 0 Å². The average Bonchev–Trinajstić information content (AvgIpc) is 3.21. The van der Waals surface area contributed by atoms with Gasteiger partial charge in [0.1, 0.15) is 5.69 Å². The van der Waals surface area contributed by atoms with Gasteiger partial charge in [0.2, 0.25) is 0 Å². The lowest BCUT2D eigenvalue weighted by Crippen LogP contribution is -2.11. The summed E-state index contributed by atoms with van der Waals surface area (Å²) in [6.45, 7) is 1.20. The van der Waals surface area contributed by atoms with E-state index in [4.69, 9.17) is 10.7 Å². The standard InChI is InChI=1S/C26H20N6O/c27-13-16-5-7-17(8-6-16)14-32-15-19(18-3-1-2-4-24(18)32)25-26(33)31-23-12-21-20(11-22(23)30-25)28-9-10-29-21/h1-12,15H,13-14,27H2,(H,31,33). The third kappa shape index (κ3) is 3.35. The SMILES string of the molecule is NCc1ccc(Cn2cc(-c3nc4cc5nccnc5cc4[nH]c3=O)c3ccccc32)cc1. The predicted molar refractivity (Wildman–Crippen MR) is 130 cm³/mol. The Hall–Kier alpha value is -4.36. The lowest BCUT2D eigenvalue weighted by Gasteiger charge is -2.06. The molecule has 6 rings (SSSR count). The molecule has 3 heterocycles. The molecular formula is C26H20N6O. The maximum atomic E-state index is 13.1. The zero-order valence-corrected chi connectivity index (χ0v) is 17.7. The van der Waals surface area contributed by atoms with Crippen LogP contribution in [0, 0.1) is 0 Å². The van der Waals surface area contributed by atoms with Crippen molar-refractivity contribution < 1.29 is 0 Å². The van der Waals surface area contributed by atoms with E-state index in [9.17, 15) is 4.79 Å². The molecule has 0 atom stereocenters. The minimum atomic E-state index is -0.235. The molecule has 3 N–H and O–H groups in total. The van der Waals surface area contributed by atoms with E-state index in [1.807, 2.05) is 48.7 Å². The quantitative estimate of drug-likeness (QED) is 0.410. The van der Waals surface area contributed by atoms with Crippen LogP contribution in [0.3, 0.4) is 0 Å². The number of aromatic nitrogens is 5. The van der Waals surface area contributed by atoms with Crippen molar-refractivity contribution in [2.75, 3.05) is 0 Å². The maximum absolute atomic E-state index is 13.1. The Morgan fingerprint density at radius 2 is 1.61 bits per heavy atom. The van der Waals surface area contributed by atoms with Crippen LogP contribution in [0.15, 0.2) is 84.0 Å². The summed E-state index contributed by atoms with van der Waals surface area (Å²) in [4.78, 5) is 29.5. The third-order valence-corrected chi connectivity index (χ3v) is 5.94. The first-order valence-corrected chi connectivity index (χ1v) is 10.7. The Balaban J connectivity index is 1.51. The molecule has 0 aliphatic rings. The summed E-state index contributed by atoms with van der Waals surface area (Å²) < 4.78 is 2.15. The van der Waals surface area contributed by atoms with Crippen LogP contribution in [-0.2, 0) is 13.1 Å². The number of aromatic amines is 1. The summed E-state index contributed by atoms with van der Waals surface area (Å²) in [6.07, 6.45) is 5.28. The molecule has 0 saturated carbocycles. The normalized spacial score (nSPS) is 11.5. The molecule has 0 bridgehead atoms. The lowest BCUT2D eigenvalue weighted by molar-refractivity contribution is 0.836. The molecule has 0 unspecified atom stereocenters. The van der Waals surface area contributed by atoms with E-state index in [1.54, 1.807) is 12.4 Å². The van der Waals surface area contributed by atoms with Crippen molar-refractivity contribution in [2.45, 2.75) is 13.1 Å². The number of nitrogens with two attached hydrogens (primary N) is 1. The Kier molecular flexibility index (Phi) is 4.48. The van der Waals surface area contributed by atoms with Crippen LogP contribution >= 0.6 is 0 Å². The number of fused-ring (bicyclic) bond motifs is 3. The molecule has 160 valence electrons. The van der Waals surface area contributed by atoms with Gasteiger partial charge >= 0.3 is 0 Å². The van der Waals surface area contributed by atoms with Gasteiger partial charge in [-0.15, -0.1) is 0 Å². The predicted octanol–water partition coefficient (Wildman–Crippen LogP) is 4.00. The van der Waals surface area contributed by atoms with Gasteiger partial charge in [0.15, 0.2) is 0 Å². The zero-order valence-electron chi connectivity index (χ0n) is 17.7. The van der Waals surface area contributed by atoms with E-state index in [0.29, 0.717) is 35.3 Å². The number of hydrogen-bond acceptors (Lipinski definition) is 5. The molecule has 7 nitrogen and oxygen atoms in total. The molecule has 33 heavy (non-hydrogen) atoms. The highest BCUT2D eigenvalue weighted by Gasteiger charge is 2.16.